The van der Waals surface area contributed by atoms with E-state index in [1.54, 1.807) is 20.3 Å². The third-order valence-corrected chi connectivity index (χ3v) is 3.39. The van der Waals surface area contributed by atoms with Gasteiger partial charge in [-0.3, -0.25) is 0 Å². The molecule has 0 atom stereocenters. The van der Waals surface area contributed by atoms with Gasteiger partial charge in [-0.05, 0) is 12.8 Å². The lowest BCUT2D eigenvalue weighted by atomic mass is 9.98. The van der Waals surface area contributed by atoms with Crippen molar-refractivity contribution in [3.8, 4) is 11.8 Å². The third kappa shape index (κ3) is 4.52. The van der Waals surface area contributed by atoms with Crippen molar-refractivity contribution < 1.29 is 14.2 Å². The van der Waals surface area contributed by atoms with Gasteiger partial charge in [0, 0.05) is 6.54 Å². The van der Waals surface area contributed by atoms with Crippen LogP contribution in [0.3, 0.4) is 0 Å². The number of hydrogen-bond donors (Lipinski definition) is 1. The zero-order valence-electron chi connectivity index (χ0n) is 12.2. The highest BCUT2D eigenvalue weighted by atomic mass is 16.5. The van der Waals surface area contributed by atoms with Crippen LogP contribution < -0.4 is 14.8 Å². The minimum absolute atomic E-state index is 0.423. The summed E-state index contributed by atoms with van der Waals surface area (Å²) in [6.45, 7) is 1.33. The topological polar surface area (TPSA) is 65.5 Å². The Kier molecular flexibility index (Phi) is 5.86. The summed E-state index contributed by atoms with van der Waals surface area (Å²) in [6.07, 6.45) is 6.71. The van der Waals surface area contributed by atoms with Gasteiger partial charge in [0.15, 0.2) is 0 Å². The van der Waals surface area contributed by atoms with E-state index in [2.05, 4.69) is 15.3 Å². The number of anilines is 1. The van der Waals surface area contributed by atoms with E-state index in [-0.39, 0.29) is 0 Å². The van der Waals surface area contributed by atoms with Gasteiger partial charge in [-0.1, -0.05) is 19.3 Å². The minimum Gasteiger partial charge on any atom is -0.481 e. The maximum Gasteiger partial charge on any atom is 0.229 e. The van der Waals surface area contributed by atoms with Gasteiger partial charge in [0.2, 0.25) is 17.7 Å². The van der Waals surface area contributed by atoms with Crippen molar-refractivity contribution in [2.24, 2.45) is 0 Å². The van der Waals surface area contributed by atoms with Crippen molar-refractivity contribution in [1.29, 1.82) is 0 Å². The maximum atomic E-state index is 5.84. The molecule has 1 aliphatic rings. The highest BCUT2D eigenvalue weighted by Crippen LogP contribution is 2.20. The molecule has 1 N–H and O–H groups in total. The second kappa shape index (κ2) is 7.89. The lowest BCUT2D eigenvalue weighted by Gasteiger charge is -2.22. The van der Waals surface area contributed by atoms with Gasteiger partial charge in [0.1, 0.15) is 0 Å². The third-order valence-electron chi connectivity index (χ3n) is 3.39. The van der Waals surface area contributed by atoms with E-state index in [0.29, 0.717) is 37.0 Å². The predicted octanol–water partition coefficient (Wildman–Crippen LogP) is 2.25. The summed E-state index contributed by atoms with van der Waals surface area (Å²) < 4.78 is 16.0. The lowest BCUT2D eigenvalue weighted by molar-refractivity contribution is 0.0347. The molecule has 0 unspecified atom stereocenters. The van der Waals surface area contributed by atoms with Gasteiger partial charge in [-0.25, -0.2) is 0 Å². The molecule has 20 heavy (non-hydrogen) atoms. The standard InChI is InChI=1S/C14H23N3O3/c1-18-12-10-13(19-2)17-14(16-12)15-8-9-20-11-6-4-3-5-7-11/h10-11H,3-9H2,1-2H3,(H,15,16,17). The van der Waals surface area contributed by atoms with E-state index in [0.717, 1.165) is 0 Å². The minimum atomic E-state index is 0.423. The Morgan fingerprint density at radius 3 is 2.35 bits per heavy atom. The normalized spacial score (nSPS) is 15.9. The molecule has 112 valence electrons. The first kappa shape index (κ1) is 14.8. The van der Waals surface area contributed by atoms with E-state index >= 15 is 0 Å². The molecule has 2 rings (SSSR count). The predicted molar refractivity (Wildman–Crippen MR) is 76.5 cm³/mol. The molecule has 0 amide bonds. The molecular formula is C14H23N3O3. The molecule has 0 bridgehead atoms. The number of rotatable bonds is 7. The molecule has 0 aromatic carbocycles. The summed E-state index contributed by atoms with van der Waals surface area (Å²) in [5.41, 5.74) is 0. The zero-order chi connectivity index (χ0) is 14.2. The van der Waals surface area contributed by atoms with Crippen LogP contribution in [0.5, 0.6) is 11.8 Å². The van der Waals surface area contributed by atoms with Crippen molar-refractivity contribution in [3.63, 3.8) is 0 Å². The van der Waals surface area contributed by atoms with Crippen LogP contribution in [-0.4, -0.2) is 43.4 Å². The molecule has 0 saturated heterocycles. The number of ether oxygens (including phenoxy) is 3. The molecule has 1 aromatic rings. The van der Waals surface area contributed by atoms with Crippen LogP contribution in [0.1, 0.15) is 32.1 Å². The van der Waals surface area contributed by atoms with Crippen LogP contribution in [0, 0.1) is 0 Å². The molecule has 0 radical (unpaired) electrons. The van der Waals surface area contributed by atoms with Crippen molar-refractivity contribution in [2.45, 2.75) is 38.2 Å². The summed E-state index contributed by atoms with van der Waals surface area (Å²) >= 11 is 0. The quantitative estimate of drug-likeness (QED) is 0.773. The smallest absolute Gasteiger partial charge is 0.229 e. The number of aromatic nitrogens is 2. The number of methoxy groups -OCH3 is 2. The average Bonchev–Trinajstić information content (AvgIpc) is 2.52. The van der Waals surface area contributed by atoms with Crippen molar-refractivity contribution >= 4 is 5.95 Å². The van der Waals surface area contributed by atoms with Crippen LogP contribution in [0.15, 0.2) is 6.07 Å². The molecule has 0 spiro atoms. The molecule has 1 heterocycles. The summed E-state index contributed by atoms with van der Waals surface area (Å²) in [5, 5.41) is 3.13. The van der Waals surface area contributed by atoms with E-state index in [4.69, 9.17) is 14.2 Å². The van der Waals surface area contributed by atoms with Gasteiger partial charge in [-0.2, -0.15) is 9.97 Å². The Hall–Kier alpha value is -1.56. The maximum absolute atomic E-state index is 5.84. The van der Waals surface area contributed by atoms with Gasteiger partial charge in [-0.15, -0.1) is 0 Å². The fourth-order valence-corrected chi connectivity index (χ4v) is 2.31. The van der Waals surface area contributed by atoms with Gasteiger partial charge < -0.3 is 19.5 Å². The van der Waals surface area contributed by atoms with Crippen molar-refractivity contribution in [1.82, 2.24) is 9.97 Å². The Labute approximate surface area is 119 Å². The van der Waals surface area contributed by atoms with E-state index < -0.39 is 0 Å². The van der Waals surface area contributed by atoms with Crippen LogP contribution in [0.2, 0.25) is 0 Å². The highest BCUT2D eigenvalue weighted by Gasteiger charge is 2.13. The van der Waals surface area contributed by atoms with Gasteiger partial charge in [0.05, 0.1) is 33.0 Å². The van der Waals surface area contributed by atoms with Crippen LogP contribution in [-0.2, 0) is 4.74 Å². The number of hydrogen-bond acceptors (Lipinski definition) is 6. The van der Waals surface area contributed by atoms with Crippen molar-refractivity contribution in [3.05, 3.63) is 6.07 Å². The molecule has 1 aliphatic carbocycles. The van der Waals surface area contributed by atoms with Gasteiger partial charge in [0.25, 0.3) is 0 Å². The van der Waals surface area contributed by atoms with E-state index in [1.165, 1.54) is 32.1 Å². The van der Waals surface area contributed by atoms with Gasteiger partial charge >= 0.3 is 0 Å². The summed E-state index contributed by atoms with van der Waals surface area (Å²) in [6, 6.07) is 1.64. The summed E-state index contributed by atoms with van der Waals surface area (Å²) in [5.74, 6) is 1.45. The first-order chi connectivity index (χ1) is 9.81. The Balaban J connectivity index is 1.75. The lowest BCUT2D eigenvalue weighted by Crippen LogP contribution is -2.21. The summed E-state index contributed by atoms with van der Waals surface area (Å²) in [4.78, 5) is 8.41. The second-order valence-electron chi connectivity index (χ2n) is 4.83. The molecule has 6 heteroatoms. The largest absolute Gasteiger partial charge is 0.481 e. The first-order valence-electron chi connectivity index (χ1n) is 7.14. The molecule has 6 nitrogen and oxygen atoms in total. The molecule has 0 aliphatic heterocycles. The van der Waals surface area contributed by atoms with Crippen LogP contribution >= 0.6 is 0 Å². The fourth-order valence-electron chi connectivity index (χ4n) is 2.31. The molecule has 1 aromatic heterocycles. The van der Waals surface area contributed by atoms with Crippen molar-refractivity contribution in [2.75, 3.05) is 32.7 Å². The molecular weight excluding hydrogens is 258 g/mol. The Morgan fingerprint density at radius 1 is 1.10 bits per heavy atom. The highest BCUT2D eigenvalue weighted by molar-refractivity contribution is 5.33. The Morgan fingerprint density at radius 2 is 1.75 bits per heavy atom. The molecule has 1 fully saturated rings. The first-order valence-corrected chi connectivity index (χ1v) is 7.14. The van der Waals surface area contributed by atoms with E-state index in [1.807, 2.05) is 0 Å². The Bertz CT molecular complexity index is 386. The van der Waals surface area contributed by atoms with E-state index in [9.17, 15) is 0 Å². The second-order valence-corrected chi connectivity index (χ2v) is 4.83. The summed E-state index contributed by atoms with van der Waals surface area (Å²) in [7, 11) is 3.13. The van der Waals surface area contributed by atoms with Crippen LogP contribution in [0.4, 0.5) is 5.95 Å². The monoisotopic (exact) mass is 281 g/mol. The SMILES string of the molecule is COc1cc(OC)nc(NCCOC2CCCCC2)n1. The number of nitrogens with zero attached hydrogens (tertiary/aromatic N) is 2. The average molecular weight is 281 g/mol. The fraction of sp³-hybridized carbons (Fsp3) is 0.714. The zero-order valence-corrected chi connectivity index (χ0v) is 12.2. The molecule has 1 saturated carbocycles. The van der Waals surface area contributed by atoms with Crippen LogP contribution in [0.25, 0.3) is 0 Å². The number of nitrogens with one attached hydrogen (secondary N) is 1.